The molecular formula is C13H28N4O. The molecular weight excluding hydrogens is 228 g/mol. The predicted molar refractivity (Wildman–Crippen MR) is 74.5 cm³/mol. The molecule has 18 heavy (non-hydrogen) atoms. The van der Waals surface area contributed by atoms with E-state index in [4.69, 9.17) is 5.73 Å². The van der Waals surface area contributed by atoms with E-state index in [1.165, 1.54) is 19.4 Å². The van der Waals surface area contributed by atoms with Crippen molar-refractivity contribution in [1.29, 1.82) is 0 Å². The van der Waals surface area contributed by atoms with Gasteiger partial charge in [0, 0.05) is 32.7 Å². The number of nitrogens with two attached hydrogens (primary N) is 1. The average molecular weight is 256 g/mol. The first-order valence-corrected chi connectivity index (χ1v) is 7.23. The molecule has 2 aliphatic rings. The zero-order valence-corrected chi connectivity index (χ0v) is 11.8. The van der Waals surface area contributed by atoms with Gasteiger partial charge >= 0.3 is 6.03 Å². The largest absolute Gasteiger partial charge is 0.351 e. The van der Waals surface area contributed by atoms with Crippen LogP contribution in [0.2, 0.25) is 0 Å². The Morgan fingerprint density at radius 2 is 1.72 bits per heavy atom. The number of nitrogens with zero attached hydrogens (tertiary/aromatic N) is 2. The lowest BCUT2D eigenvalue weighted by molar-refractivity contribution is 0.125. The molecule has 0 aromatic carbocycles. The van der Waals surface area contributed by atoms with Crippen LogP contribution in [0.4, 0.5) is 4.79 Å². The summed E-state index contributed by atoms with van der Waals surface area (Å²) in [5.74, 6) is 0.835. The van der Waals surface area contributed by atoms with Crippen LogP contribution in [-0.2, 0) is 0 Å². The minimum Gasteiger partial charge on any atom is -0.351 e. The zero-order chi connectivity index (χ0) is 13.4. The molecule has 5 heteroatoms. The Morgan fingerprint density at radius 1 is 1.17 bits per heavy atom. The summed E-state index contributed by atoms with van der Waals surface area (Å²) in [5, 5.41) is 3.39. The van der Waals surface area contributed by atoms with Crippen molar-refractivity contribution in [2.75, 3.05) is 45.8 Å². The second kappa shape index (κ2) is 8.32. The van der Waals surface area contributed by atoms with Gasteiger partial charge in [0.05, 0.1) is 0 Å². The molecule has 0 unspecified atom stereocenters. The second-order valence-electron chi connectivity index (χ2n) is 4.82. The van der Waals surface area contributed by atoms with Gasteiger partial charge in [0.25, 0.3) is 0 Å². The molecule has 0 atom stereocenters. The topological polar surface area (TPSA) is 61.6 Å². The maximum atomic E-state index is 11.0. The maximum absolute atomic E-state index is 11.0. The van der Waals surface area contributed by atoms with Crippen molar-refractivity contribution < 1.29 is 4.79 Å². The van der Waals surface area contributed by atoms with Gasteiger partial charge < -0.3 is 16.0 Å². The van der Waals surface area contributed by atoms with Crippen LogP contribution in [0.25, 0.3) is 0 Å². The van der Waals surface area contributed by atoms with Crippen molar-refractivity contribution in [3.8, 4) is 0 Å². The van der Waals surface area contributed by atoms with Crippen LogP contribution in [0.15, 0.2) is 0 Å². The Kier molecular flexibility index (Phi) is 7.05. The molecule has 0 aromatic rings. The molecule has 2 saturated heterocycles. The quantitative estimate of drug-likeness (QED) is 0.765. The minimum atomic E-state index is -0.276. The minimum absolute atomic E-state index is 0.276. The number of carbonyl (C=O) groups is 1. The first-order chi connectivity index (χ1) is 8.75. The lowest BCUT2D eigenvalue weighted by Gasteiger charge is -2.36. The van der Waals surface area contributed by atoms with E-state index in [0.717, 1.165) is 45.2 Å². The number of hydrogen-bond acceptors (Lipinski definition) is 3. The van der Waals surface area contributed by atoms with E-state index in [1.807, 2.05) is 13.8 Å². The third kappa shape index (κ3) is 4.82. The van der Waals surface area contributed by atoms with Crippen LogP contribution >= 0.6 is 0 Å². The maximum Gasteiger partial charge on any atom is 0.314 e. The molecule has 2 amide bonds. The molecule has 2 rings (SSSR count). The monoisotopic (exact) mass is 256 g/mol. The van der Waals surface area contributed by atoms with Crippen molar-refractivity contribution in [2.24, 2.45) is 11.7 Å². The highest BCUT2D eigenvalue weighted by Crippen LogP contribution is 2.14. The third-order valence-electron chi connectivity index (χ3n) is 3.66. The number of rotatable bonds is 2. The highest BCUT2D eigenvalue weighted by atomic mass is 16.2. The molecule has 0 radical (unpaired) electrons. The lowest BCUT2D eigenvalue weighted by Crippen LogP contribution is -2.51. The van der Waals surface area contributed by atoms with Crippen LogP contribution in [0.3, 0.4) is 0 Å². The summed E-state index contributed by atoms with van der Waals surface area (Å²) in [4.78, 5) is 15.2. The van der Waals surface area contributed by atoms with Crippen LogP contribution in [-0.4, -0.2) is 61.6 Å². The normalized spacial score (nSPS) is 22.2. The van der Waals surface area contributed by atoms with E-state index in [1.54, 1.807) is 4.90 Å². The van der Waals surface area contributed by atoms with Gasteiger partial charge in [-0.1, -0.05) is 13.8 Å². The molecule has 0 aliphatic carbocycles. The molecule has 2 aliphatic heterocycles. The highest BCUT2D eigenvalue weighted by molar-refractivity contribution is 5.72. The Morgan fingerprint density at radius 3 is 2.22 bits per heavy atom. The number of nitrogens with one attached hydrogen (secondary N) is 1. The van der Waals surface area contributed by atoms with Crippen molar-refractivity contribution in [1.82, 2.24) is 15.1 Å². The number of amides is 2. The second-order valence-corrected chi connectivity index (χ2v) is 4.82. The van der Waals surface area contributed by atoms with E-state index in [0.29, 0.717) is 0 Å². The molecule has 5 nitrogen and oxygen atoms in total. The van der Waals surface area contributed by atoms with E-state index in [2.05, 4.69) is 10.2 Å². The fraction of sp³-hybridized carbons (Fsp3) is 0.923. The summed E-state index contributed by atoms with van der Waals surface area (Å²) in [7, 11) is 0. The van der Waals surface area contributed by atoms with Crippen LogP contribution in [0.5, 0.6) is 0 Å². The Balaban J connectivity index is 0.000000771. The van der Waals surface area contributed by atoms with E-state index in [9.17, 15) is 4.79 Å². The van der Waals surface area contributed by atoms with E-state index < -0.39 is 0 Å². The highest BCUT2D eigenvalue weighted by Gasteiger charge is 2.22. The Labute approximate surface area is 111 Å². The predicted octanol–water partition coefficient (Wildman–Crippen LogP) is 0.709. The number of urea groups is 1. The fourth-order valence-corrected chi connectivity index (χ4v) is 2.58. The number of hydrogen-bond donors (Lipinski definition) is 2. The summed E-state index contributed by atoms with van der Waals surface area (Å²) in [5.41, 5.74) is 5.26. The number of piperazine rings is 1. The van der Waals surface area contributed by atoms with Gasteiger partial charge in [0.1, 0.15) is 0 Å². The van der Waals surface area contributed by atoms with Gasteiger partial charge in [0.15, 0.2) is 0 Å². The smallest absolute Gasteiger partial charge is 0.314 e. The van der Waals surface area contributed by atoms with Crippen molar-refractivity contribution in [2.45, 2.75) is 26.7 Å². The van der Waals surface area contributed by atoms with Gasteiger partial charge in [0.2, 0.25) is 0 Å². The molecule has 2 fully saturated rings. The van der Waals surface area contributed by atoms with Gasteiger partial charge in [-0.25, -0.2) is 4.79 Å². The Hall–Kier alpha value is -0.810. The summed E-state index contributed by atoms with van der Waals surface area (Å²) in [6.45, 7) is 11.0. The van der Waals surface area contributed by atoms with Crippen molar-refractivity contribution >= 4 is 6.03 Å². The summed E-state index contributed by atoms with van der Waals surface area (Å²) < 4.78 is 0. The van der Waals surface area contributed by atoms with Crippen molar-refractivity contribution in [3.63, 3.8) is 0 Å². The van der Waals surface area contributed by atoms with Gasteiger partial charge in [-0.2, -0.15) is 0 Å². The van der Waals surface area contributed by atoms with Gasteiger partial charge in [-0.3, -0.25) is 4.90 Å². The summed E-state index contributed by atoms with van der Waals surface area (Å²) >= 11 is 0. The van der Waals surface area contributed by atoms with E-state index in [-0.39, 0.29) is 6.03 Å². The molecule has 0 spiro atoms. The number of piperidine rings is 1. The third-order valence-corrected chi connectivity index (χ3v) is 3.66. The van der Waals surface area contributed by atoms with Gasteiger partial charge in [-0.15, -0.1) is 0 Å². The molecule has 3 N–H and O–H groups in total. The average Bonchev–Trinajstić information content (AvgIpc) is 2.43. The Bertz CT molecular complexity index is 233. The number of carbonyl (C=O) groups excluding carboxylic acids is 1. The first kappa shape index (κ1) is 15.2. The first-order valence-electron chi connectivity index (χ1n) is 7.23. The zero-order valence-electron chi connectivity index (χ0n) is 11.8. The van der Waals surface area contributed by atoms with Crippen LogP contribution < -0.4 is 11.1 Å². The summed E-state index contributed by atoms with van der Waals surface area (Å²) in [6, 6.07) is -0.276. The molecule has 2 heterocycles. The van der Waals surface area contributed by atoms with Crippen LogP contribution in [0.1, 0.15) is 26.7 Å². The van der Waals surface area contributed by atoms with E-state index >= 15 is 0 Å². The standard InChI is InChI=1S/C11H22N4O.C2H6/c12-11(16)15-7-5-14(6-8-15)9-10-1-3-13-4-2-10;1-2/h10,13H,1-9H2,(H2,12,16);1-2H3. The SMILES string of the molecule is CC.NC(=O)N1CCN(CC2CCNCC2)CC1. The lowest BCUT2D eigenvalue weighted by atomic mass is 9.97. The molecule has 0 saturated carbocycles. The summed E-state index contributed by atoms with van der Waals surface area (Å²) in [6.07, 6.45) is 2.58. The fourth-order valence-electron chi connectivity index (χ4n) is 2.58. The number of primary amides is 1. The van der Waals surface area contributed by atoms with Crippen molar-refractivity contribution in [3.05, 3.63) is 0 Å². The molecule has 106 valence electrons. The van der Waals surface area contributed by atoms with Gasteiger partial charge in [-0.05, 0) is 31.8 Å². The molecule has 0 aromatic heterocycles. The van der Waals surface area contributed by atoms with Crippen LogP contribution in [0, 0.1) is 5.92 Å². The molecule has 0 bridgehead atoms.